The van der Waals surface area contributed by atoms with Gasteiger partial charge in [-0.3, -0.25) is 4.79 Å². The Morgan fingerprint density at radius 2 is 2.00 bits per heavy atom. The second-order valence-corrected chi connectivity index (χ2v) is 4.58. The van der Waals surface area contributed by atoms with Gasteiger partial charge in [-0.25, -0.2) is 14.8 Å². The Morgan fingerprint density at radius 3 is 2.80 bits per heavy atom. The van der Waals surface area contributed by atoms with Gasteiger partial charge in [0.25, 0.3) is 0 Å². The first-order chi connectivity index (χ1) is 9.61. The van der Waals surface area contributed by atoms with Crippen LogP contribution in [0.4, 0.5) is 0 Å². The van der Waals surface area contributed by atoms with Crippen LogP contribution >= 0.6 is 0 Å². The fourth-order valence-corrected chi connectivity index (χ4v) is 2.06. The number of hydrogen-bond acceptors (Lipinski definition) is 4. The molecule has 0 radical (unpaired) electrons. The Kier molecular flexibility index (Phi) is 2.90. The van der Waals surface area contributed by atoms with E-state index in [0.29, 0.717) is 5.82 Å². The zero-order valence-electron chi connectivity index (χ0n) is 10.8. The molecule has 0 spiro atoms. The highest BCUT2D eigenvalue weighted by Crippen LogP contribution is 2.20. The monoisotopic (exact) mass is 268 g/mol. The van der Waals surface area contributed by atoms with E-state index in [2.05, 4.69) is 19.9 Å². The predicted octanol–water partition coefficient (Wildman–Crippen LogP) is 1.44. The van der Waals surface area contributed by atoms with Crippen LogP contribution in [-0.4, -0.2) is 25.7 Å². The number of benzene rings is 1. The minimum atomic E-state index is -0.239. The van der Waals surface area contributed by atoms with Crippen molar-refractivity contribution in [3.8, 4) is 11.3 Å². The lowest BCUT2D eigenvalue weighted by atomic mass is 10.1. The van der Waals surface area contributed by atoms with Crippen molar-refractivity contribution in [3.05, 3.63) is 46.8 Å². The molecule has 0 saturated heterocycles. The van der Waals surface area contributed by atoms with Gasteiger partial charge in [0.15, 0.2) is 0 Å². The average Bonchev–Trinajstić information content (AvgIpc) is 2.77. The van der Waals surface area contributed by atoms with E-state index in [0.717, 1.165) is 22.3 Å². The lowest BCUT2D eigenvalue weighted by Crippen LogP contribution is -2.02. The molecule has 0 atom stereocenters. The maximum Gasteiger partial charge on any atom is 0.323 e. The summed E-state index contributed by atoms with van der Waals surface area (Å²) >= 11 is 0. The van der Waals surface area contributed by atoms with E-state index in [1.807, 2.05) is 18.2 Å². The first kappa shape index (κ1) is 12.3. The molecular formula is C14H12N4O2. The van der Waals surface area contributed by atoms with Crippen LogP contribution in [0, 0.1) is 0 Å². The lowest BCUT2D eigenvalue weighted by molar-refractivity contribution is -0.116. The Morgan fingerprint density at radius 1 is 1.20 bits per heavy atom. The summed E-state index contributed by atoms with van der Waals surface area (Å²) in [5.41, 5.74) is 2.81. The number of rotatable bonds is 3. The van der Waals surface area contributed by atoms with Crippen LogP contribution < -0.4 is 5.69 Å². The van der Waals surface area contributed by atoms with Gasteiger partial charge in [0, 0.05) is 11.8 Å². The van der Waals surface area contributed by atoms with Gasteiger partial charge in [-0.15, -0.1) is 0 Å². The van der Waals surface area contributed by atoms with Crippen LogP contribution in [0.2, 0.25) is 0 Å². The van der Waals surface area contributed by atoms with Gasteiger partial charge in [-0.2, -0.15) is 0 Å². The van der Waals surface area contributed by atoms with Crippen molar-refractivity contribution in [3.63, 3.8) is 0 Å². The summed E-state index contributed by atoms with van der Waals surface area (Å²) in [4.78, 5) is 36.2. The van der Waals surface area contributed by atoms with Crippen LogP contribution in [-0.2, 0) is 11.2 Å². The molecule has 0 unspecified atom stereocenters. The smallest absolute Gasteiger partial charge is 0.306 e. The van der Waals surface area contributed by atoms with E-state index in [-0.39, 0.29) is 17.9 Å². The zero-order valence-corrected chi connectivity index (χ0v) is 10.8. The van der Waals surface area contributed by atoms with Gasteiger partial charge < -0.3 is 9.97 Å². The molecule has 100 valence electrons. The fraction of sp³-hybridized carbons (Fsp3) is 0.143. The molecular weight excluding hydrogens is 256 g/mol. The SMILES string of the molecule is CC(=O)Cc1nccc(-c2ccc3[nH]c(=O)[nH]c3c2)n1. The number of imidazole rings is 1. The van der Waals surface area contributed by atoms with Gasteiger partial charge in [0.1, 0.15) is 11.6 Å². The number of H-pyrrole nitrogens is 2. The van der Waals surface area contributed by atoms with E-state index < -0.39 is 0 Å². The van der Waals surface area contributed by atoms with Crippen LogP contribution in [0.5, 0.6) is 0 Å². The number of fused-ring (bicyclic) bond motifs is 1. The molecule has 2 aromatic heterocycles. The van der Waals surface area contributed by atoms with Gasteiger partial charge in [0.05, 0.1) is 23.1 Å². The number of hydrogen-bond donors (Lipinski definition) is 2. The molecule has 1 aromatic carbocycles. The third kappa shape index (κ3) is 2.35. The second kappa shape index (κ2) is 4.73. The summed E-state index contributed by atoms with van der Waals surface area (Å²) < 4.78 is 0. The third-order valence-electron chi connectivity index (χ3n) is 2.92. The average molecular weight is 268 g/mol. The summed E-state index contributed by atoms with van der Waals surface area (Å²) in [6, 6.07) is 7.30. The highest BCUT2D eigenvalue weighted by atomic mass is 16.1. The van der Waals surface area contributed by atoms with Crippen LogP contribution in [0.25, 0.3) is 22.3 Å². The highest BCUT2D eigenvalue weighted by molar-refractivity contribution is 5.81. The predicted molar refractivity (Wildman–Crippen MR) is 74.3 cm³/mol. The molecule has 0 bridgehead atoms. The van der Waals surface area contributed by atoms with Crippen molar-refractivity contribution in [1.29, 1.82) is 0 Å². The Bertz CT molecular complexity index is 848. The molecule has 6 heteroatoms. The summed E-state index contributed by atoms with van der Waals surface area (Å²) in [7, 11) is 0. The minimum Gasteiger partial charge on any atom is -0.306 e. The summed E-state index contributed by atoms with van der Waals surface area (Å²) in [6.45, 7) is 1.51. The molecule has 3 aromatic rings. The Hall–Kier alpha value is -2.76. The van der Waals surface area contributed by atoms with Gasteiger partial charge in [0.2, 0.25) is 0 Å². The summed E-state index contributed by atoms with van der Waals surface area (Å²) in [5, 5.41) is 0. The van der Waals surface area contributed by atoms with Crippen molar-refractivity contribution < 1.29 is 4.79 Å². The first-order valence-electron chi connectivity index (χ1n) is 6.15. The molecule has 0 saturated carbocycles. The molecule has 0 fully saturated rings. The number of ketones is 1. The lowest BCUT2D eigenvalue weighted by Gasteiger charge is -2.03. The van der Waals surface area contributed by atoms with Crippen LogP contribution in [0.15, 0.2) is 35.3 Å². The quantitative estimate of drug-likeness (QED) is 0.752. The molecule has 6 nitrogen and oxygen atoms in total. The number of carbonyl (C=O) groups excluding carboxylic acids is 1. The van der Waals surface area contributed by atoms with E-state index in [1.54, 1.807) is 12.3 Å². The minimum absolute atomic E-state index is 0.0209. The highest BCUT2D eigenvalue weighted by Gasteiger charge is 2.06. The zero-order chi connectivity index (χ0) is 14.1. The molecule has 0 aliphatic rings. The number of carbonyl (C=O) groups is 1. The number of aromatic nitrogens is 4. The van der Waals surface area contributed by atoms with Gasteiger partial charge in [-0.05, 0) is 25.1 Å². The number of Topliss-reactive ketones (excluding diaryl/α,β-unsaturated/α-hetero) is 1. The number of nitrogens with zero attached hydrogens (tertiary/aromatic N) is 2. The second-order valence-electron chi connectivity index (χ2n) is 4.58. The molecule has 0 amide bonds. The molecule has 0 aliphatic heterocycles. The normalized spacial score (nSPS) is 10.8. The van der Waals surface area contributed by atoms with Gasteiger partial charge in [-0.1, -0.05) is 6.07 Å². The van der Waals surface area contributed by atoms with Crippen LogP contribution in [0.1, 0.15) is 12.7 Å². The third-order valence-corrected chi connectivity index (χ3v) is 2.92. The topological polar surface area (TPSA) is 91.5 Å². The molecule has 2 heterocycles. The fourth-order valence-electron chi connectivity index (χ4n) is 2.06. The standard InChI is InChI=1S/C14H12N4O2/c1-8(19)6-13-15-5-4-10(16-13)9-2-3-11-12(7-9)18-14(20)17-11/h2-5,7H,6H2,1H3,(H2,17,18,20). The van der Waals surface area contributed by atoms with Crippen molar-refractivity contribution in [2.24, 2.45) is 0 Å². The van der Waals surface area contributed by atoms with Crippen molar-refractivity contribution >= 4 is 16.8 Å². The number of aromatic amines is 2. The first-order valence-corrected chi connectivity index (χ1v) is 6.15. The van der Waals surface area contributed by atoms with E-state index in [4.69, 9.17) is 0 Å². The number of nitrogens with one attached hydrogen (secondary N) is 2. The van der Waals surface area contributed by atoms with Crippen molar-refractivity contribution in [2.75, 3.05) is 0 Å². The van der Waals surface area contributed by atoms with Crippen LogP contribution in [0.3, 0.4) is 0 Å². The summed E-state index contributed by atoms with van der Waals surface area (Å²) in [6.07, 6.45) is 1.85. The molecule has 3 rings (SSSR count). The molecule has 0 aliphatic carbocycles. The summed E-state index contributed by atoms with van der Waals surface area (Å²) in [5.74, 6) is 0.519. The molecule has 2 N–H and O–H groups in total. The largest absolute Gasteiger partial charge is 0.323 e. The van der Waals surface area contributed by atoms with E-state index in [9.17, 15) is 9.59 Å². The van der Waals surface area contributed by atoms with Crippen molar-refractivity contribution in [1.82, 2.24) is 19.9 Å². The maximum atomic E-state index is 11.2. The van der Waals surface area contributed by atoms with Gasteiger partial charge >= 0.3 is 5.69 Å². The Balaban J connectivity index is 2.05. The van der Waals surface area contributed by atoms with Crippen molar-refractivity contribution in [2.45, 2.75) is 13.3 Å². The molecule has 20 heavy (non-hydrogen) atoms. The Labute approximate surface area is 113 Å². The van der Waals surface area contributed by atoms with E-state index in [1.165, 1.54) is 6.92 Å². The van der Waals surface area contributed by atoms with E-state index >= 15 is 0 Å². The maximum absolute atomic E-state index is 11.2.